The Bertz CT molecular complexity index is 745. The summed E-state index contributed by atoms with van der Waals surface area (Å²) in [4.78, 5) is 4.17. The Morgan fingerprint density at radius 1 is 1.43 bits per heavy atom. The average molecular weight is 396 g/mol. The number of halogens is 2. The molecule has 1 aromatic heterocycles. The van der Waals surface area contributed by atoms with Crippen molar-refractivity contribution >= 4 is 35.7 Å². The van der Waals surface area contributed by atoms with E-state index in [1.807, 2.05) is 13.8 Å². The highest BCUT2D eigenvalue weighted by atomic mass is 79.9. The van der Waals surface area contributed by atoms with Gasteiger partial charge < -0.3 is 9.26 Å². The standard InChI is InChI=1S/C12H12BrClN2O4S/c1-7(2)12-15-11(16-20-12)6-19-10-4-3-8(5-9(10)13)21(14,17)18/h3-5,7H,6H2,1-2H3. The predicted octanol–water partition coefficient (Wildman–Crippen LogP) is 3.46. The summed E-state index contributed by atoms with van der Waals surface area (Å²) in [6.07, 6.45) is 0. The first-order valence-electron chi connectivity index (χ1n) is 5.97. The van der Waals surface area contributed by atoms with Crippen LogP contribution in [0.25, 0.3) is 0 Å². The fourth-order valence-corrected chi connectivity index (χ4v) is 2.88. The fourth-order valence-electron chi connectivity index (χ4n) is 1.45. The molecule has 1 heterocycles. The van der Waals surface area contributed by atoms with Crippen molar-refractivity contribution in [2.45, 2.75) is 31.3 Å². The number of ether oxygens (including phenoxy) is 1. The van der Waals surface area contributed by atoms with E-state index in [1.165, 1.54) is 18.2 Å². The number of hydrogen-bond acceptors (Lipinski definition) is 6. The molecule has 0 atom stereocenters. The molecule has 0 fully saturated rings. The zero-order chi connectivity index (χ0) is 15.6. The molecule has 0 saturated carbocycles. The SMILES string of the molecule is CC(C)c1nc(COc2ccc(S(=O)(=O)Cl)cc2Br)no1. The molecule has 2 rings (SSSR count). The van der Waals surface area contributed by atoms with Gasteiger partial charge in [0.15, 0.2) is 6.61 Å². The van der Waals surface area contributed by atoms with E-state index >= 15 is 0 Å². The van der Waals surface area contributed by atoms with Gasteiger partial charge in [0, 0.05) is 16.6 Å². The molecule has 0 spiro atoms. The highest BCUT2D eigenvalue weighted by Gasteiger charge is 2.14. The Kier molecular flexibility index (Phi) is 4.90. The Labute approximate surface area is 135 Å². The quantitative estimate of drug-likeness (QED) is 0.721. The zero-order valence-electron chi connectivity index (χ0n) is 11.2. The van der Waals surface area contributed by atoms with Crippen LogP contribution in [0.15, 0.2) is 32.1 Å². The highest BCUT2D eigenvalue weighted by Crippen LogP contribution is 2.29. The van der Waals surface area contributed by atoms with E-state index in [9.17, 15) is 8.42 Å². The van der Waals surface area contributed by atoms with Gasteiger partial charge in [-0.1, -0.05) is 19.0 Å². The monoisotopic (exact) mass is 394 g/mol. The molecule has 1 aromatic carbocycles. The molecule has 9 heteroatoms. The smallest absolute Gasteiger partial charge is 0.261 e. The van der Waals surface area contributed by atoms with E-state index in [1.54, 1.807) is 0 Å². The average Bonchev–Trinajstić information content (AvgIpc) is 2.85. The van der Waals surface area contributed by atoms with Crippen LogP contribution < -0.4 is 4.74 Å². The molecule has 0 aliphatic rings. The van der Waals surface area contributed by atoms with Crippen LogP contribution in [0.3, 0.4) is 0 Å². The van der Waals surface area contributed by atoms with E-state index in [2.05, 4.69) is 26.1 Å². The van der Waals surface area contributed by atoms with Crippen LogP contribution in [0.5, 0.6) is 5.75 Å². The van der Waals surface area contributed by atoms with Crippen LogP contribution in [0.1, 0.15) is 31.5 Å². The third-order valence-corrected chi connectivity index (χ3v) is 4.49. The summed E-state index contributed by atoms with van der Waals surface area (Å²) < 4.78 is 33.5. The molecule has 2 aromatic rings. The minimum Gasteiger partial charge on any atom is -0.484 e. The minimum absolute atomic E-state index is 0.00922. The Balaban J connectivity index is 2.09. The van der Waals surface area contributed by atoms with Crippen molar-refractivity contribution in [3.05, 3.63) is 34.4 Å². The Morgan fingerprint density at radius 3 is 2.67 bits per heavy atom. The second-order valence-corrected chi connectivity index (χ2v) is 7.94. The number of benzene rings is 1. The van der Waals surface area contributed by atoms with Gasteiger partial charge in [-0.15, -0.1) is 0 Å². The molecule has 0 aliphatic carbocycles. The molecule has 0 aliphatic heterocycles. The van der Waals surface area contributed by atoms with Crippen molar-refractivity contribution in [3.8, 4) is 5.75 Å². The summed E-state index contributed by atoms with van der Waals surface area (Å²) in [7, 11) is 1.50. The van der Waals surface area contributed by atoms with Crippen molar-refractivity contribution < 1.29 is 17.7 Å². The van der Waals surface area contributed by atoms with Gasteiger partial charge in [-0.05, 0) is 34.1 Å². The first kappa shape index (κ1) is 16.3. The van der Waals surface area contributed by atoms with Gasteiger partial charge in [0.25, 0.3) is 9.05 Å². The number of rotatable bonds is 5. The maximum absolute atomic E-state index is 11.2. The molecule has 0 saturated heterocycles. The van der Waals surface area contributed by atoms with Gasteiger partial charge in [-0.2, -0.15) is 4.98 Å². The topological polar surface area (TPSA) is 82.3 Å². The van der Waals surface area contributed by atoms with Gasteiger partial charge in [-0.25, -0.2) is 8.42 Å². The van der Waals surface area contributed by atoms with E-state index in [0.29, 0.717) is 21.9 Å². The second-order valence-electron chi connectivity index (χ2n) is 4.52. The predicted molar refractivity (Wildman–Crippen MR) is 79.9 cm³/mol. The van der Waals surface area contributed by atoms with E-state index < -0.39 is 9.05 Å². The summed E-state index contributed by atoms with van der Waals surface area (Å²) in [6, 6.07) is 4.23. The Hall–Kier alpha value is -1.12. The van der Waals surface area contributed by atoms with Crippen LogP contribution in [0.4, 0.5) is 0 Å². The number of hydrogen-bond donors (Lipinski definition) is 0. The van der Waals surface area contributed by atoms with Gasteiger partial charge >= 0.3 is 0 Å². The summed E-state index contributed by atoms with van der Waals surface area (Å²) in [5.74, 6) is 1.55. The molecule has 0 bridgehead atoms. The summed E-state index contributed by atoms with van der Waals surface area (Å²) >= 11 is 3.23. The zero-order valence-corrected chi connectivity index (χ0v) is 14.4. The maximum atomic E-state index is 11.2. The number of aromatic nitrogens is 2. The largest absolute Gasteiger partial charge is 0.484 e. The Morgan fingerprint density at radius 2 is 2.14 bits per heavy atom. The van der Waals surface area contributed by atoms with Crippen molar-refractivity contribution in [3.63, 3.8) is 0 Å². The number of nitrogens with zero attached hydrogens (tertiary/aromatic N) is 2. The lowest BCUT2D eigenvalue weighted by Crippen LogP contribution is -1.99. The van der Waals surface area contributed by atoms with E-state index in [4.69, 9.17) is 19.9 Å². The van der Waals surface area contributed by atoms with Crippen LogP contribution in [-0.2, 0) is 15.7 Å². The van der Waals surface area contributed by atoms with E-state index in [-0.39, 0.29) is 17.4 Å². The molecule has 21 heavy (non-hydrogen) atoms. The first-order chi connectivity index (χ1) is 9.77. The van der Waals surface area contributed by atoms with Crippen LogP contribution in [0, 0.1) is 0 Å². The third kappa shape index (κ3) is 4.18. The maximum Gasteiger partial charge on any atom is 0.261 e. The summed E-state index contributed by atoms with van der Waals surface area (Å²) in [6.45, 7) is 4.00. The molecule has 114 valence electrons. The van der Waals surface area contributed by atoms with Gasteiger partial charge in [0.05, 0.1) is 9.37 Å². The molecular weight excluding hydrogens is 384 g/mol. The lowest BCUT2D eigenvalue weighted by molar-refractivity contribution is 0.282. The van der Waals surface area contributed by atoms with Crippen molar-refractivity contribution in [2.75, 3.05) is 0 Å². The second kappa shape index (κ2) is 6.33. The highest BCUT2D eigenvalue weighted by molar-refractivity contribution is 9.10. The third-order valence-electron chi connectivity index (χ3n) is 2.52. The van der Waals surface area contributed by atoms with Crippen LogP contribution in [-0.4, -0.2) is 18.6 Å². The molecular formula is C12H12BrClN2O4S. The fraction of sp³-hybridized carbons (Fsp3) is 0.333. The summed E-state index contributed by atoms with van der Waals surface area (Å²) in [5, 5.41) is 3.80. The molecule has 0 unspecified atom stereocenters. The van der Waals surface area contributed by atoms with Gasteiger partial charge in [-0.3, -0.25) is 0 Å². The minimum atomic E-state index is -3.77. The van der Waals surface area contributed by atoms with Crippen molar-refractivity contribution in [1.82, 2.24) is 10.1 Å². The lowest BCUT2D eigenvalue weighted by atomic mass is 10.2. The van der Waals surface area contributed by atoms with Crippen LogP contribution in [0.2, 0.25) is 0 Å². The summed E-state index contributed by atoms with van der Waals surface area (Å²) in [5.41, 5.74) is 0. The van der Waals surface area contributed by atoms with Gasteiger partial charge in [0.2, 0.25) is 11.7 Å². The molecule has 0 amide bonds. The lowest BCUT2D eigenvalue weighted by Gasteiger charge is -2.06. The molecule has 6 nitrogen and oxygen atoms in total. The van der Waals surface area contributed by atoms with Crippen molar-refractivity contribution in [1.29, 1.82) is 0 Å². The van der Waals surface area contributed by atoms with Crippen molar-refractivity contribution in [2.24, 2.45) is 0 Å². The van der Waals surface area contributed by atoms with Crippen LogP contribution >= 0.6 is 26.6 Å². The van der Waals surface area contributed by atoms with Gasteiger partial charge in [0.1, 0.15) is 5.75 Å². The molecule has 0 N–H and O–H groups in total. The molecule has 0 radical (unpaired) electrons. The van der Waals surface area contributed by atoms with E-state index in [0.717, 1.165) is 0 Å². The first-order valence-corrected chi connectivity index (χ1v) is 9.07. The normalized spacial score (nSPS) is 11.9.